The molecule has 34 heavy (non-hydrogen) atoms. The van der Waals surface area contributed by atoms with Crippen LogP contribution < -0.4 is 0 Å². The number of carbonyl (C=O) groups is 1. The van der Waals surface area contributed by atoms with Crippen LogP contribution in [0.4, 0.5) is 0 Å². The van der Waals surface area contributed by atoms with Gasteiger partial charge in [0.05, 0.1) is 16.9 Å². The van der Waals surface area contributed by atoms with E-state index in [2.05, 4.69) is 40.3 Å². The zero-order valence-corrected chi connectivity index (χ0v) is 19.7. The molecule has 1 unspecified atom stereocenters. The second kappa shape index (κ2) is 9.45. The highest BCUT2D eigenvalue weighted by Gasteiger charge is 2.26. The number of aliphatic carboxylic acids is 1. The number of halogens is 1. The van der Waals surface area contributed by atoms with Crippen molar-refractivity contribution in [3.05, 3.63) is 100 Å². The third-order valence-electron chi connectivity index (χ3n) is 6.64. The molecule has 0 saturated carbocycles. The SMILES string of the molecule is CC(C(=O)O)N1CCc2c(Cc3ccc(Cl)c(-c4ncc(-c5ccccc5)[nH]4)c3)cccc2C1. The third-order valence-corrected chi connectivity index (χ3v) is 6.97. The van der Waals surface area contributed by atoms with Gasteiger partial charge in [-0.2, -0.15) is 0 Å². The molecule has 3 aromatic carbocycles. The number of carboxylic acids is 1. The average Bonchev–Trinajstić information content (AvgIpc) is 3.35. The van der Waals surface area contributed by atoms with Crippen LogP contribution in [0.15, 0.2) is 72.9 Å². The third kappa shape index (κ3) is 4.49. The molecule has 1 aliphatic heterocycles. The lowest BCUT2D eigenvalue weighted by molar-refractivity contribution is -0.143. The van der Waals surface area contributed by atoms with Gasteiger partial charge in [-0.15, -0.1) is 0 Å². The Kier molecular flexibility index (Phi) is 6.22. The monoisotopic (exact) mass is 471 g/mol. The number of H-pyrrole nitrogens is 1. The maximum Gasteiger partial charge on any atom is 0.320 e. The van der Waals surface area contributed by atoms with Gasteiger partial charge in [-0.3, -0.25) is 9.69 Å². The maximum atomic E-state index is 11.4. The zero-order chi connectivity index (χ0) is 23.7. The van der Waals surface area contributed by atoms with Gasteiger partial charge < -0.3 is 10.1 Å². The molecule has 0 radical (unpaired) electrons. The summed E-state index contributed by atoms with van der Waals surface area (Å²) in [5.41, 5.74) is 7.89. The summed E-state index contributed by atoms with van der Waals surface area (Å²) < 4.78 is 0. The fraction of sp³-hybridized carbons (Fsp3) is 0.214. The Hall–Kier alpha value is -3.41. The van der Waals surface area contributed by atoms with Crippen LogP contribution >= 0.6 is 11.6 Å². The van der Waals surface area contributed by atoms with Gasteiger partial charge in [0.2, 0.25) is 0 Å². The number of nitrogens with one attached hydrogen (secondary N) is 1. The number of rotatable bonds is 6. The molecule has 1 aromatic heterocycles. The molecule has 0 aliphatic carbocycles. The second-order valence-corrected chi connectivity index (χ2v) is 9.20. The number of hydrogen-bond acceptors (Lipinski definition) is 3. The fourth-order valence-electron chi connectivity index (χ4n) is 4.67. The highest BCUT2D eigenvalue weighted by atomic mass is 35.5. The van der Waals surface area contributed by atoms with E-state index in [0.717, 1.165) is 47.6 Å². The van der Waals surface area contributed by atoms with Gasteiger partial charge in [-0.1, -0.05) is 66.2 Å². The van der Waals surface area contributed by atoms with Gasteiger partial charge in [0, 0.05) is 18.7 Å². The van der Waals surface area contributed by atoms with Gasteiger partial charge in [0.15, 0.2) is 0 Å². The Morgan fingerprint density at radius 2 is 1.97 bits per heavy atom. The molecule has 6 heteroatoms. The van der Waals surface area contributed by atoms with Crippen LogP contribution in [0.25, 0.3) is 22.6 Å². The number of aromatic nitrogens is 2. The number of benzene rings is 3. The lowest BCUT2D eigenvalue weighted by Gasteiger charge is -2.32. The Morgan fingerprint density at radius 3 is 2.76 bits per heavy atom. The minimum atomic E-state index is -0.776. The molecule has 0 fully saturated rings. The van der Waals surface area contributed by atoms with Crippen LogP contribution in [-0.4, -0.2) is 38.5 Å². The standard InChI is InChI=1S/C28H26ClN3O2/c1-18(28(33)34)32-13-12-23-21(8-5-9-22(23)17-32)14-19-10-11-25(29)24(15-19)27-30-16-26(31-27)20-6-3-2-4-7-20/h2-11,15-16,18H,12-14,17H2,1H3,(H,30,31)(H,33,34). The summed E-state index contributed by atoms with van der Waals surface area (Å²) in [5.74, 6) is -0.0271. The van der Waals surface area contributed by atoms with Crippen molar-refractivity contribution < 1.29 is 9.90 Å². The highest BCUT2D eigenvalue weighted by Crippen LogP contribution is 2.31. The first-order valence-corrected chi connectivity index (χ1v) is 11.8. The Morgan fingerprint density at radius 1 is 1.15 bits per heavy atom. The van der Waals surface area contributed by atoms with Gasteiger partial charge in [-0.05, 0) is 59.7 Å². The summed E-state index contributed by atoms with van der Waals surface area (Å²) in [4.78, 5) is 21.4. The summed E-state index contributed by atoms with van der Waals surface area (Å²) in [6.07, 6.45) is 3.47. The van der Waals surface area contributed by atoms with Gasteiger partial charge in [-0.25, -0.2) is 4.98 Å². The molecule has 5 rings (SSSR count). The normalized spacial score (nSPS) is 14.5. The summed E-state index contributed by atoms with van der Waals surface area (Å²) >= 11 is 6.56. The van der Waals surface area contributed by atoms with Crippen molar-refractivity contribution in [1.82, 2.24) is 14.9 Å². The van der Waals surface area contributed by atoms with E-state index in [4.69, 9.17) is 11.6 Å². The van der Waals surface area contributed by atoms with Gasteiger partial charge in [0.25, 0.3) is 0 Å². The molecule has 0 amide bonds. The largest absolute Gasteiger partial charge is 0.480 e. The average molecular weight is 472 g/mol. The fourth-order valence-corrected chi connectivity index (χ4v) is 4.88. The molecule has 0 bridgehead atoms. The van der Waals surface area contributed by atoms with Crippen molar-refractivity contribution in [2.24, 2.45) is 0 Å². The van der Waals surface area contributed by atoms with Crippen molar-refractivity contribution in [3.8, 4) is 22.6 Å². The van der Waals surface area contributed by atoms with Crippen molar-refractivity contribution in [2.75, 3.05) is 6.54 Å². The molecule has 5 nitrogen and oxygen atoms in total. The number of fused-ring (bicyclic) bond motifs is 1. The predicted octanol–water partition coefficient (Wildman–Crippen LogP) is 5.82. The van der Waals surface area contributed by atoms with Crippen LogP contribution in [0, 0.1) is 0 Å². The smallest absolute Gasteiger partial charge is 0.320 e. The number of imidazole rings is 1. The van der Waals surface area contributed by atoms with Crippen LogP contribution in [-0.2, 0) is 24.2 Å². The maximum absolute atomic E-state index is 11.4. The summed E-state index contributed by atoms with van der Waals surface area (Å²) in [7, 11) is 0. The van der Waals surface area contributed by atoms with Crippen molar-refractivity contribution in [3.63, 3.8) is 0 Å². The first kappa shape index (κ1) is 22.4. The molecular weight excluding hydrogens is 446 g/mol. The summed E-state index contributed by atoms with van der Waals surface area (Å²) in [6.45, 7) is 3.17. The zero-order valence-electron chi connectivity index (χ0n) is 19.0. The summed E-state index contributed by atoms with van der Waals surface area (Å²) in [6, 6.07) is 22.1. The molecule has 1 atom stereocenters. The topological polar surface area (TPSA) is 69.2 Å². The van der Waals surface area contributed by atoms with E-state index in [-0.39, 0.29) is 0 Å². The van der Waals surface area contributed by atoms with Crippen molar-refractivity contribution in [2.45, 2.75) is 32.4 Å². The van der Waals surface area contributed by atoms with Crippen LogP contribution in [0.5, 0.6) is 0 Å². The number of carboxylic acid groups (broad SMARTS) is 1. The van der Waals surface area contributed by atoms with E-state index in [1.807, 2.05) is 47.5 Å². The summed E-state index contributed by atoms with van der Waals surface area (Å²) in [5, 5.41) is 10.0. The molecule has 0 spiro atoms. The van der Waals surface area contributed by atoms with Gasteiger partial charge in [0.1, 0.15) is 11.9 Å². The van der Waals surface area contributed by atoms with E-state index in [0.29, 0.717) is 11.6 Å². The van der Waals surface area contributed by atoms with Crippen molar-refractivity contribution in [1.29, 1.82) is 0 Å². The number of aromatic amines is 1. The van der Waals surface area contributed by atoms with Crippen molar-refractivity contribution >= 4 is 17.6 Å². The molecule has 4 aromatic rings. The van der Waals surface area contributed by atoms with E-state index >= 15 is 0 Å². The van der Waals surface area contributed by atoms with E-state index in [9.17, 15) is 9.90 Å². The molecular formula is C28H26ClN3O2. The number of nitrogens with zero attached hydrogens (tertiary/aromatic N) is 2. The highest BCUT2D eigenvalue weighted by molar-refractivity contribution is 6.33. The molecule has 2 heterocycles. The molecule has 2 N–H and O–H groups in total. The molecule has 1 aliphatic rings. The quantitative estimate of drug-likeness (QED) is 0.372. The second-order valence-electron chi connectivity index (χ2n) is 8.79. The van der Waals surface area contributed by atoms with E-state index in [1.165, 1.54) is 16.7 Å². The van der Waals surface area contributed by atoms with Gasteiger partial charge >= 0.3 is 5.97 Å². The molecule has 0 saturated heterocycles. The molecule has 172 valence electrons. The lowest BCUT2D eigenvalue weighted by Crippen LogP contribution is -2.42. The Labute approximate surface area is 204 Å². The van der Waals surface area contributed by atoms with Crippen LogP contribution in [0.3, 0.4) is 0 Å². The minimum absolute atomic E-state index is 0.482. The van der Waals surface area contributed by atoms with Crippen LogP contribution in [0.1, 0.15) is 29.2 Å². The van der Waals surface area contributed by atoms with Crippen LogP contribution in [0.2, 0.25) is 5.02 Å². The first-order chi connectivity index (χ1) is 16.5. The Bertz CT molecular complexity index is 1330. The van der Waals surface area contributed by atoms with E-state index in [1.54, 1.807) is 6.92 Å². The number of hydrogen-bond donors (Lipinski definition) is 2. The first-order valence-electron chi connectivity index (χ1n) is 11.5. The minimum Gasteiger partial charge on any atom is -0.480 e. The van der Waals surface area contributed by atoms with E-state index < -0.39 is 12.0 Å². The predicted molar refractivity (Wildman–Crippen MR) is 135 cm³/mol. The lowest BCUT2D eigenvalue weighted by atomic mass is 9.90. The Balaban J connectivity index is 1.40.